The average Bonchev–Trinajstić information content (AvgIpc) is 3.41. The number of amides is 1. The molecule has 3 heterocycles. The SMILES string of the molecule is COc1ccccc1-n1cc(C(=O)N2CCCN(S(=O)(=O)N3CCCC3)CC2)cn1. The van der Waals surface area contributed by atoms with Gasteiger partial charge in [-0.05, 0) is 31.4 Å². The molecule has 9 nitrogen and oxygen atoms in total. The topological polar surface area (TPSA) is 88.0 Å². The fraction of sp³-hybridized carbons (Fsp3) is 0.500. The van der Waals surface area contributed by atoms with Crippen molar-refractivity contribution in [2.75, 3.05) is 46.4 Å². The minimum atomic E-state index is -3.44. The molecule has 4 rings (SSSR count). The van der Waals surface area contributed by atoms with Gasteiger partial charge in [0, 0.05) is 45.5 Å². The van der Waals surface area contributed by atoms with Crippen molar-refractivity contribution in [3.8, 4) is 11.4 Å². The van der Waals surface area contributed by atoms with Crippen LogP contribution >= 0.6 is 0 Å². The number of hydrogen-bond acceptors (Lipinski definition) is 5. The summed E-state index contributed by atoms with van der Waals surface area (Å²) in [6.45, 7) is 2.80. The van der Waals surface area contributed by atoms with Crippen LogP contribution in [0.15, 0.2) is 36.7 Å². The van der Waals surface area contributed by atoms with Gasteiger partial charge in [0.25, 0.3) is 16.1 Å². The lowest BCUT2D eigenvalue weighted by molar-refractivity contribution is 0.0764. The third-order valence-electron chi connectivity index (χ3n) is 5.62. The average molecular weight is 434 g/mol. The highest BCUT2D eigenvalue weighted by Gasteiger charge is 2.33. The molecule has 2 fully saturated rings. The summed E-state index contributed by atoms with van der Waals surface area (Å²) in [5, 5.41) is 4.32. The minimum Gasteiger partial charge on any atom is -0.494 e. The zero-order valence-corrected chi connectivity index (χ0v) is 17.9. The van der Waals surface area contributed by atoms with E-state index in [1.165, 1.54) is 4.31 Å². The second kappa shape index (κ2) is 8.75. The molecule has 0 saturated carbocycles. The molecule has 0 aliphatic carbocycles. The quantitative estimate of drug-likeness (QED) is 0.711. The number of para-hydroxylation sites is 2. The summed E-state index contributed by atoms with van der Waals surface area (Å²) in [4.78, 5) is 14.7. The molecule has 2 aliphatic heterocycles. The number of rotatable bonds is 5. The van der Waals surface area contributed by atoms with Crippen molar-refractivity contribution in [2.45, 2.75) is 19.3 Å². The number of aromatic nitrogens is 2. The first-order valence-corrected chi connectivity index (χ1v) is 11.6. The Bertz CT molecular complexity index is 1000. The van der Waals surface area contributed by atoms with Gasteiger partial charge in [-0.25, -0.2) is 4.68 Å². The van der Waals surface area contributed by atoms with Crippen LogP contribution in [0.5, 0.6) is 5.75 Å². The van der Waals surface area contributed by atoms with Gasteiger partial charge in [0.2, 0.25) is 0 Å². The van der Waals surface area contributed by atoms with E-state index in [4.69, 9.17) is 4.74 Å². The predicted molar refractivity (Wildman–Crippen MR) is 112 cm³/mol. The largest absolute Gasteiger partial charge is 0.494 e. The zero-order valence-electron chi connectivity index (χ0n) is 17.1. The van der Waals surface area contributed by atoms with Crippen LogP contribution in [0.25, 0.3) is 5.69 Å². The van der Waals surface area contributed by atoms with E-state index < -0.39 is 10.2 Å². The van der Waals surface area contributed by atoms with Gasteiger partial charge < -0.3 is 9.64 Å². The summed E-state index contributed by atoms with van der Waals surface area (Å²) < 4.78 is 35.7. The van der Waals surface area contributed by atoms with E-state index in [0.29, 0.717) is 57.0 Å². The lowest BCUT2D eigenvalue weighted by Gasteiger charge is -2.26. The predicted octanol–water partition coefficient (Wildman–Crippen LogP) is 1.37. The Morgan fingerprint density at radius 3 is 2.43 bits per heavy atom. The van der Waals surface area contributed by atoms with Crippen LogP contribution in [-0.4, -0.2) is 84.0 Å². The van der Waals surface area contributed by atoms with Crippen molar-refractivity contribution < 1.29 is 17.9 Å². The first kappa shape index (κ1) is 20.8. The number of carbonyl (C=O) groups is 1. The van der Waals surface area contributed by atoms with E-state index in [-0.39, 0.29) is 5.91 Å². The van der Waals surface area contributed by atoms with Gasteiger partial charge in [-0.1, -0.05) is 12.1 Å². The van der Waals surface area contributed by atoms with Crippen LogP contribution in [0.1, 0.15) is 29.6 Å². The number of nitrogens with zero attached hydrogens (tertiary/aromatic N) is 5. The monoisotopic (exact) mass is 433 g/mol. The van der Waals surface area contributed by atoms with E-state index >= 15 is 0 Å². The van der Waals surface area contributed by atoms with Crippen molar-refractivity contribution >= 4 is 16.1 Å². The second-order valence-electron chi connectivity index (χ2n) is 7.50. The van der Waals surface area contributed by atoms with E-state index in [9.17, 15) is 13.2 Å². The van der Waals surface area contributed by atoms with Gasteiger partial charge >= 0.3 is 0 Å². The highest BCUT2D eigenvalue weighted by molar-refractivity contribution is 7.86. The Balaban J connectivity index is 1.45. The molecule has 10 heteroatoms. The number of carbonyl (C=O) groups excluding carboxylic acids is 1. The van der Waals surface area contributed by atoms with Crippen molar-refractivity contribution in [2.24, 2.45) is 0 Å². The number of hydrogen-bond donors (Lipinski definition) is 0. The third kappa shape index (κ3) is 4.07. The maximum absolute atomic E-state index is 13.0. The molecule has 0 spiro atoms. The molecule has 162 valence electrons. The van der Waals surface area contributed by atoms with Crippen LogP contribution in [0.2, 0.25) is 0 Å². The minimum absolute atomic E-state index is 0.142. The molecule has 1 aromatic heterocycles. The van der Waals surface area contributed by atoms with Gasteiger partial charge in [0.1, 0.15) is 11.4 Å². The zero-order chi connectivity index (χ0) is 21.1. The van der Waals surface area contributed by atoms with Crippen LogP contribution in [-0.2, 0) is 10.2 Å². The second-order valence-corrected chi connectivity index (χ2v) is 9.43. The van der Waals surface area contributed by atoms with Crippen molar-refractivity contribution in [3.63, 3.8) is 0 Å². The lowest BCUT2D eigenvalue weighted by Crippen LogP contribution is -2.44. The molecule has 1 amide bonds. The number of methoxy groups -OCH3 is 1. The van der Waals surface area contributed by atoms with Crippen LogP contribution < -0.4 is 4.74 Å². The Labute approximate surface area is 177 Å². The first-order chi connectivity index (χ1) is 14.5. The number of benzene rings is 1. The fourth-order valence-electron chi connectivity index (χ4n) is 3.98. The molecule has 2 saturated heterocycles. The molecular weight excluding hydrogens is 406 g/mol. The molecule has 2 aromatic rings. The third-order valence-corrected chi connectivity index (χ3v) is 7.66. The summed E-state index contributed by atoms with van der Waals surface area (Å²) in [6, 6.07) is 7.46. The smallest absolute Gasteiger partial charge is 0.282 e. The maximum atomic E-state index is 13.0. The summed E-state index contributed by atoms with van der Waals surface area (Å²) >= 11 is 0. The molecule has 2 aliphatic rings. The molecule has 0 bridgehead atoms. The summed E-state index contributed by atoms with van der Waals surface area (Å²) in [7, 11) is -1.85. The summed E-state index contributed by atoms with van der Waals surface area (Å²) in [6.07, 6.45) is 5.66. The Morgan fingerprint density at radius 2 is 1.67 bits per heavy atom. The maximum Gasteiger partial charge on any atom is 0.282 e. The molecule has 0 N–H and O–H groups in total. The Hall–Kier alpha value is -2.43. The Kier molecular flexibility index (Phi) is 6.07. The van der Waals surface area contributed by atoms with Gasteiger partial charge in [-0.2, -0.15) is 22.1 Å². The van der Waals surface area contributed by atoms with Gasteiger partial charge in [-0.3, -0.25) is 4.79 Å². The fourth-order valence-corrected chi connectivity index (χ4v) is 5.69. The Morgan fingerprint density at radius 1 is 0.967 bits per heavy atom. The standard InChI is InChI=1S/C20H27N5O4S/c1-29-19-8-3-2-7-18(19)25-16-17(15-21-25)20(26)22-9-6-12-24(14-13-22)30(27,28)23-10-4-5-11-23/h2-3,7-8,15-16H,4-6,9-14H2,1H3. The highest BCUT2D eigenvalue weighted by Crippen LogP contribution is 2.22. The van der Waals surface area contributed by atoms with Crippen molar-refractivity contribution in [3.05, 3.63) is 42.2 Å². The summed E-state index contributed by atoms with van der Waals surface area (Å²) in [5.41, 5.74) is 1.22. The van der Waals surface area contributed by atoms with Crippen LogP contribution in [0.4, 0.5) is 0 Å². The molecular formula is C20H27N5O4S. The van der Waals surface area contributed by atoms with Crippen LogP contribution in [0.3, 0.4) is 0 Å². The number of ether oxygens (including phenoxy) is 1. The van der Waals surface area contributed by atoms with E-state index in [2.05, 4.69) is 5.10 Å². The lowest BCUT2D eigenvalue weighted by atomic mass is 10.2. The first-order valence-electron chi connectivity index (χ1n) is 10.2. The van der Waals surface area contributed by atoms with Gasteiger partial charge in [0.15, 0.2) is 0 Å². The molecule has 0 radical (unpaired) electrons. The molecule has 0 unspecified atom stereocenters. The van der Waals surface area contributed by atoms with Crippen molar-refractivity contribution in [1.82, 2.24) is 23.3 Å². The molecule has 30 heavy (non-hydrogen) atoms. The van der Waals surface area contributed by atoms with E-state index in [0.717, 1.165) is 18.5 Å². The highest BCUT2D eigenvalue weighted by atomic mass is 32.2. The molecule has 1 aromatic carbocycles. The van der Waals surface area contributed by atoms with Gasteiger partial charge in [0.05, 0.1) is 18.9 Å². The normalized spacial score (nSPS) is 19.0. The summed E-state index contributed by atoms with van der Waals surface area (Å²) in [5.74, 6) is 0.522. The van der Waals surface area contributed by atoms with Gasteiger partial charge in [-0.15, -0.1) is 0 Å². The van der Waals surface area contributed by atoms with Crippen molar-refractivity contribution in [1.29, 1.82) is 0 Å². The van der Waals surface area contributed by atoms with E-state index in [1.54, 1.807) is 33.4 Å². The molecule has 0 atom stereocenters. The van der Waals surface area contributed by atoms with E-state index in [1.807, 2.05) is 24.3 Å². The van der Waals surface area contributed by atoms with Crippen LogP contribution in [0, 0.1) is 0 Å².